The first kappa shape index (κ1) is 20.4. The molecule has 0 spiro atoms. The number of aliphatic hydroxyl groups excluding tert-OH is 1. The van der Waals surface area contributed by atoms with E-state index in [0.29, 0.717) is 31.7 Å². The quantitative estimate of drug-likeness (QED) is 0.666. The van der Waals surface area contributed by atoms with Gasteiger partial charge in [0, 0.05) is 18.7 Å². The van der Waals surface area contributed by atoms with Crippen molar-refractivity contribution in [1.29, 1.82) is 0 Å². The number of ether oxygens (including phenoxy) is 1. The van der Waals surface area contributed by atoms with Gasteiger partial charge in [0.15, 0.2) is 0 Å². The Balaban J connectivity index is 1.32. The highest BCUT2D eigenvalue weighted by molar-refractivity contribution is 7.89. The number of aromatic nitrogens is 3. The van der Waals surface area contributed by atoms with E-state index in [4.69, 9.17) is 4.74 Å². The van der Waals surface area contributed by atoms with Gasteiger partial charge in [0.2, 0.25) is 10.0 Å². The van der Waals surface area contributed by atoms with Crippen LogP contribution < -0.4 is 4.72 Å². The maximum Gasteiger partial charge on any atom is 0.240 e. The highest BCUT2D eigenvalue weighted by Gasteiger charge is 2.34. The van der Waals surface area contributed by atoms with Gasteiger partial charge in [0.25, 0.3) is 0 Å². The van der Waals surface area contributed by atoms with E-state index in [1.54, 1.807) is 0 Å². The molecule has 10 heteroatoms. The highest BCUT2D eigenvalue weighted by Crippen LogP contribution is 2.38. The van der Waals surface area contributed by atoms with Crippen molar-refractivity contribution in [3.63, 3.8) is 0 Å². The van der Waals surface area contributed by atoms with Crippen LogP contribution in [0.5, 0.6) is 0 Å². The molecule has 0 unspecified atom stereocenters. The third kappa shape index (κ3) is 5.00. The average molecular weight is 424 g/mol. The summed E-state index contributed by atoms with van der Waals surface area (Å²) in [5.74, 6) is 0.0565. The summed E-state index contributed by atoms with van der Waals surface area (Å²) < 4.78 is 48.5. The summed E-state index contributed by atoms with van der Waals surface area (Å²) in [4.78, 5) is -0.0182. The zero-order valence-electron chi connectivity index (χ0n) is 15.9. The molecule has 0 bridgehead atoms. The Bertz CT molecular complexity index is 930. The summed E-state index contributed by atoms with van der Waals surface area (Å²) >= 11 is 0. The fourth-order valence-corrected chi connectivity index (χ4v) is 4.92. The molecule has 2 aliphatic rings. The topological polar surface area (TPSA) is 106 Å². The van der Waals surface area contributed by atoms with Crippen molar-refractivity contribution in [1.82, 2.24) is 19.7 Å². The average Bonchev–Trinajstić information content (AvgIpc) is 3.45. The molecule has 29 heavy (non-hydrogen) atoms. The number of hydrogen-bond acceptors (Lipinski definition) is 6. The molecule has 1 saturated heterocycles. The maximum absolute atomic E-state index is 13.1. The molecule has 1 aromatic carbocycles. The summed E-state index contributed by atoms with van der Waals surface area (Å²) in [6.07, 6.45) is 5.52. The third-order valence-corrected chi connectivity index (χ3v) is 6.96. The van der Waals surface area contributed by atoms with E-state index in [-0.39, 0.29) is 17.6 Å². The molecule has 0 radical (unpaired) electrons. The van der Waals surface area contributed by atoms with Crippen LogP contribution in [0.15, 0.2) is 35.4 Å². The molecule has 1 aliphatic heterocycles. The Hall–Kier alpha value is -1.88. The van der Waals surface area contributed by atoms with Gasteiger partial charge in [-0.1, -0.05) is 5.21 Å². The zero-order chi connectivity index (χ0) is 20.4. The Morgan fingerprint density at radius 1 is 1.21 bits per heavy atom. The number of aliphatic hydroxyl groups is 1. The molecular weight excluding hydrogens is 399 g/mol. The van der Waals surface area contributed by atoms with Crippen molar-refractivity contribution in [2.24, 2.45) is 0 Å². The number of aryl methyl sites for hydroxylation is 1. The van der Waals surface area contributed by atoms with Crippen molar-refractivity contribution >= 4 is 10.0 Å². The number of hydrogen-bond donors (Lipinski definition) is 2. The lowest BCUT2D eigenvalue weighted by Gasteiger charge is -2.36. The van der Waals surface area contributed by atoms with Crippen LogP contribution in [0.2, 0.25) is 0 Å². The highest BCUT2D eigenvalue weighted by atomic mass is 32.2. The fraction of sp³-hybridized carbons (Fsp3) is 0.579. The Morgan fingerprint density at radius 2 is 1.97 bits per heavy atom. The van der Waals surface area contributed by atoms with Crippen molar-refractivity contribution in [2.75, 3.05) is 6.61 Å². The minimum atomic E-state index is -3.82. The number of benzene rings is 1. The second kappa shape index (κ2) is 8.47. The van der Waals surface area contributed by atoms with E-state index >= 15 is 0 Å². The van der Waals surface area contributed by atoms with Gasteiger partial charge < -0.3 is 9.84 Å². The summed E-state index contributed by atoms with van der Waals surface area (Å²) in [7, 11) is -3.82. The summed E-state index contributed by atoms with van der Waals surface area (Å²) in [6, 6.07) is 4.09. The van der Waals surface area contributed by atoms with E-state index in [9.17, 15) is 17.9 Å². The van der Waals surface area contributed by atoms with Gasteiger partial charge in [-0.05, 0) is 56.4 Å². The largest absolute Gasteiger partial charge is 0.394 e. The minimum absolute atomic E-state index is 0.0182. The number of nitrogens with one attached hydrogen (secondary N) is 1. The number of rotatable bonds is 8. The summed E-state index contributed by atoms with van der Waals surface area (Å²) in [6.45, 7) is 0.372. The van der Waals surface area contributed by atoms with Crippen LogP contribution in [0.25, 0.3) is 0 Å². The Kier molecular flexibility index (Phi) is 5.95. The normalized spacial score (nSPS) is 25.2. The minimum Gasteiger partial charge on any atom is -0.394 e. The van der Waals surface area contributed by atoms with E-state index in [2.05, 4.69) is 15.0 Å². The van der Waals surface area contributed by atoms with Gasteiger partial charge >= 0.3 is 0 Å². The van der Waals surface area contributed by atoms with E-state index < -0.39 is 28.0 Å². The van der Waals surface area contributed by atoms with Gasteiger partial charge in [0.05, 0.1) is 35.4 Å². The maximum atomic E-state index is 13.1. The van der Waals surface area contributed by atoms with Crippen LogP contribution in [0.1, 0.15) is 43.7 Å². The predicted octanol–water partition coefficient (Wildman–Crippen LogP) is 1.57. The van der Waals surface area contributed by atoms with Crippen LogP contribution in [0.4, 0.5) is 4.39 Å². The van der Waals surface area contributed by atoms with Crippen molar-refractivity contribution in [3.05, 3.63) is 42.0 Å². The molecule has 4 rings (SSSR count). The van der Waals surface area contributed by atoms with Gasteiger partial charge in [-0.25, -0.2) is 17.5 Å². The molecule has 158 valence electrons. The van der Waals surface area contributed by atoms with Gasteiger partial charge in [0.1, 0.15) is 5.82 Å². The van der Waals surface area contributed by atoms with Crippen LogP contribution in [0, 0.1) is 5.82 Å². The number of halogens is 1. The van der Waals surface area contributed by atoms with Crippen molar-refractivity contribution in [3.8, 4) is 0 Å². The third-order valence-electron chi connectivity index (χ3n) is 5.46. The lowest BCUT2D eigenvalue weighted by molar-refractivity contribution is -0.0891. The van der Waals surface area contributed by atoms with Crippen LogP contribution in [0.3, 0.4) is 0 Å². The first-order valence-electron chi connectivity index (χ1n) is 9.89. The molecule has 2 aromatic rings. The monoisotopic (exact) mass is 424 g/mol. The first-order chi connectivity index (χ1) is 13.9. The zero-order valence-corrected chi connectivity index (χ0v) is 16.8. The van der Waals surface area contributed by atoms with E-state index in [1.807, 2.05) is 10.9 Å². The van der Waals surface area contributed by atoms with Gasteiger partial charge in [-0.15, -0.1) is 5.10 Å². The lowest BCUT2D eigenvalue weighted by Crippen LogP contribution is -2.50. The molecule has 2 heterocycles. The Morgan fingerprint density at radius 3 is 2.66 bits per heavy atom. The standard InChI is InChI=1S/C19H25FN4O4S/c20-14-3-6-16(7-4-14)29(26,27)22-17-8-5-15(28-19(17)12-25)9-10-24-11-18(21-23-24)13-1-2-13/h3-4,6-7,11,13,15,17,19,22,25H,1-2,5,8-10,12H2/t15-,17-,19+/m1/s1. The molecule has 2 N–H and O–H groups in total. The number of nitrogens with zero attached hydrogens (tertiary/aromatic N) is 3. The van der Waals surface area contributed by atoms with Crippen LogP contribution >= 0.6 is 0 Å². The smallest absolute Gasteiger partial charge is 0.240 e. The molecule has 1 aromatic heterocycles. The summed E-state index contributed by atoms with van der Waals surface area (Å²) in [5.41, 5.74) is 1.04. The Labute approximate surface area is 169 Å². The van der Waals surface area contributed by atoms with Gasteiger partial charge in [-0.3, -0.25) is 4.68 Å². The van der Waals surface area contributed by atoms with Crippen LogP contribution in [-0.4, -0.2) is 53.4 Å². The molecular formula is C19H25FN4O4S. The molecule has 2 fully saturated rings. The van der Waals surface area contributed by atoms with Crippen molar-refractivity contribution < 1.29 is 22.7 Å². The van der Waals surface area contributed by atoms with Gasteiger partial charge in [-0.2, -0.15) is 0 Å². The fourth-order valence-electron chi connectivity index (χ4n) is 3.63. The predicted molar refractivity (Wildman–Crippen MR) is 102 cm³/mol. The SMILES string of the molecule is O=S(=O)(N[C@@H]1CC[C@H](CCn2cc(C3CC3)nn2)O[C@H]1CO)c1ccc(F)cc1. The second-order valence-electron chi connectivity index (χ2n) is 7.71. The summed E-state index contributed by atoms with van der Waals surface area (Å²) in [5, 5.41) is 18.0. The van der Waals surface area contributed by atoms with E-state index in [0.717, 1.165) is 17.8 Å². The number of sulfonamides is 1. The lowest BCUT2D eigenvalue weighted by atomic mass is 9.98. The van der Waals surface area contributed by atoms with E-state index in [1.165, 1.54) is 25.0 Å². The molecule has 1 saturated carbocycles. The van der Waals surface area contributed by atoms with Crippen molar-refractivity contribution in [2.45, 2.75) is 67.7 Å². The molecule has 0 amide bonds. The molecule has 3 atom stereocenters. The van der Waals surface area contributed by atoms with Crippen LogP contribution in [-0.2, 0) is 21.3 Å². The molecule has 8 nitrogen and oxygen atoms in total. The first-order valence-corrected chi connectivity index (χ1v) is 11.4. The molecule has 1 aliphatic carbocycles. The second-order valence-corrected chi connectivity index (χ2v) is 9.42.